The summed E-state index contributed by atoms with van der Waals surface area (Å²) < 4.78 is 34.1. The van der Waals surface area contributed by atoms with Crippen LogP contribution in [0.3, 0.4) is 0 Å². The van der Waals surface area contributed by atoms with Crippen LogP contribution in [0.15, 0.2) is 41.3 Å². The Morgan fingerprint density at radius 2 is 1.71 bits per heavy atom. The van der Waals surface area contributed by atoms with Crippen LogP contribution < -0.4 is 9.62 Å². The van der Waals surface area contributed by atoms with Gasteiger partial charge in [-0.05, 0) is 81.7 Å². The predicted octanol–water partition coefficient (Wildman–Crippen LogP) is 4.67. The molecule has 0 aliphatic carbocycles. The molecule has 0 heterocycles. The molecule has 168 valence electrons. The molecule has 0 amide bonds. The van der Waals surface area contributed by atoms with Crippen LogP contribution in [0.25, 0.3) is 16.8 Å². The molecule has 0 aliphatic rings. The van der Waals surface area contributed by atoms with E-state index in [1.54, 1.807) is 13.8 Å². The quantitative estimate of drug-likeness (QED) is 0.599. The van der Waals surface area contributed by atoms with Crippen LogP contribution in [0.2, 0.25) is 0 Å². The summed E-state index contributed by atoms with van der Waals surface area (Å²) in [5.74, 6) is 0. The molecule has 0 aliphatic heterocycles. The first kappa shape index (κ1) is 24.9. The number of allylic oxidation sites excluding steroid dienone is 1. The molecule has 0 fully saturated rings. The Labute approximate surface area is 186 Å². The number of ether oxygens (including phenoxy) is 1. The van der Waals surface area contributed by atoms with Gasteiger partial charge in [-0.15, -0.1) is 0 Å². The van der Waals surface area contributed by atoms with Crippen LogP contribution in [0, 0.1) is 11.3 Å². The molecule has 0 bridgehead atoms. The van der Waals surface area contributed by atoms with E-state index in [9.17, 15) is 13.7 Å². The van der Waals surface area contributed by atoms with E-state index in [1.807, 2.05) is 76.2 Å². The normalized spacial score (nSPS) is 13.3. The number of nitrogens with one attached hydrogen (secondary N) is 1. The Balaban J connectivity index is 2.24. The molecule has 6 nitrogen and oxygen atoms in total. The molecule has 31 heavy (non-hydrogen) atoms. The van der Waals surface area contributed by atoms with Gasteiger partial charge < -0.3 is 9.64 Å². The van der Waals surface area contributed by atoms with Crippen LogP contribution in [-0.2, 0) is 14.8 Å². The van der Waals surface area contributed by atoms with Crippen molar-refractivity contribution in [1.29, 1.82) is 5.26 Å². The van der Waals surface area contributed by atoms with E-state index >= 15 is 0 Å². The highest BCUT2D eigenvalue weighted by Crippen LogP contribution is 2.24. The summed E-state index contributed by atoms with van der Waals surface area (Å²) in [4.78, 5) is 1.70. The zero-order chi connectivity index (χ0) is 23.4. The number of benzene rings is 2. The number of anilines is 1. The standard InChI is InChI=1S/C24H33N3O3S/c1-23(2,3)30-13-12-24(4,5)26-31(28,29)22(17-25)15-18-8-9-20-16-21(27(6)7)11-10-19(20)14-18/h8-11,14-16,26H,12-13H2,1-7H3. The lowest BCUT2D eigenvalue weighted by atomic mass is 10.0. The summed E-state index contributed by atoms with van der Waals surface area (Å²) >= 11 is 0. The molecule has 7 heteroatoms. The van der Waals surface area contributed by atoms with E-state index in [2.05, 4.69) is 10.8 Å². The van der Waals surface area contributed by atoms with E-state index in [0.29, 0.717) is 18.6 Å². The largest absolute Gasteiger partial charge is 0.378 e. The van der Waals surface area contributed by atoms with Crippen molar-refractivity contribution in [2.24, 2.45) is 0 Å². The second-order valence-electron chi connectivity index (χ2n) is 9.51. The maximum atomic E-state index is 12.9. The van der Waals surface area contributed by atoms with Gasteiger partial charge in [0.1, 0.15) is 6.07 Å². The monoisotopic (exact) mass is 443 g/mol. The number of nitrogens with zero attached hydrogens (tertiary/aromatic N) is 2. The highest BCUT2D eigenvalue weighted by atomic mass is 32.2. The Hall–Kier alpha value is -2.40. The molecule has 0 spiro atoms. The summed E-state index contributed by atoms with van der Waals surface area (Å²) in [6.45, 7) is 9.82. The third kappa shape index (κ3) is 7.35. The summed E-state index contributed by atoms with van der Waals surface area (Å²) in [5.41, 5.74) is 0.682. The summed E-state index contributed by atoms with van der Waals surface area (Å²) in [6, 6.07) is 13.5. The smallest absolute Gasteiger partial charge is 0.251 e. The maximum absolute atomic E-state index is 12.9. The third-order valence-electron chi connectivity index (χ3n) is 4.73. The number of fused-ring (bicyclic) bond motifs is 1. The molecule has 0 aromatic heterocycles. The topological polar surface area (TPSA) is 82.4 Å². The van der Waals surface area contributed by atoms with Crippen molar-refractivity contribution in [3.63, 3.8) is 0 Å². The van der Waals surface area contributed by atoms with Crippen molar-refractivity contribution in [2.75, 3.05) is 25.6 Å². The molecule has 1 N–H and O–H groups in total. The minimum atomic E-state index is -3.98. The van der Waals surface area contributed by atoms with Gasteiger partial charge in [0.2, 0.25) is 0 Å². The highest BCUT2D eigenvalue weighted by Gasteiger charge is 2.28. The SMILES string of the molecule is CN(C)c1ccc2cc(C=C(C#N)S(=O)(=O)NC(C)(C)CCOC(C)(C)C)ccc2c1. The van der Waals surface area contributed by atoms with Crippen LogP contribution in [0.5, 0.6) is 0 Å². The van der Waals surface area contributed by atoms with Crippen molar-refractivity contribution in [2.45, 2.75) is 52.2 Å². The molecule has 0 atom stereocenters. The number of hydrogen-bond acceptors (Lipinski definition) is 5. The van der Waals surface area contributed by atoms with Gasteiger partial charge in [0.25, 0.3) is 10.0 Å². The molecule has 0 saturated heterocycles. The Bertz CT molecular complexity index is 1110. The number of nitriles is 1. The van der Waals surface area contributed by atoms with Crippen LogP contribution >= 0.6 is 0 Å². The number of sulfonamides is 1. The van der Waals surface area contributed by atoms with E-state index in [0.717, 1.165) is 16.5 Å². The second kappa shape index (κ2) is 9.39. The van der Waals surface area contributed by atoms with Crippen LogP contribution in [-0.4, -0.2) is 40.3 Å². The average molecular weight is 444 g/mol. The zero-order valence-electron chi connectivity index (χ0n) is 19.5. The Kier molecular flexibility index (Phi) is 7.53. The highest BCUT2D eigenvalue weighted by molar-refractivity contribution is 7.93. The molecule has 0 saturated carbocycles. The minimum absolute atomic E-state index is 0.296. The van der Waals surface area contributed by atoms with Gasteiger partial charge in [-0.25, -0.2) is 13.1 Å². The molecule has 2 rings (SSSR count). The van der Waals surface area contributed by atoms with Crippen molar-refractivity contribution >= 4 is 32.6 Å². The molecule has 0 radical (unpaired) electrons. The van der Waals surface area contributed by atoms with Crippen LogP contribution in [0.4, 0.5) is 5.69 Å². The minimum Gasteiger partial charge on any atom is -0.378 e. The molecule has 2 aromatic rings. The Morgan fingerprint density at radius 3 is 2.29 bits per heavy atom. The fourth-order valence-corrected chi connectivity index (χ4v) is 4.37. The second-order valence-corrected chi connectivity index (χ2v) is 11.2. The number of hydrogen-bond donors (Lipinski definition) is 1. The fourth-order valence-electron chi connectivity index (χ4n) is 3.02. The van der Waals surface area contributed by atoms with Gasteiger partial charge in [0.05, 0.1) is 5.60 Å². The summed E-state index contributed by atoms with van der Waals surface area (Å²) in [7, 11) is -0.0212. The van der Waals surface area contributed by atoms with Gasteiger partial charge in [-0.1, -0.05) is 18.2 Å². The zero-order valence-corrected chi connectivity index (χ0v) is 20.3. The maximum Gasteiger partial charge on any atom is 0.251 e. The van der Waals surface area contributed by atoms with Gasteiger partial charge >= 0.3 is 0 Å². The predicted molar refractivity (Wildman–Crippen MR) is 128 cm³/mol. The Morgan fingerprint density at radius 1 is 1.10 bits per heavy atom. The lowest BCUT2D eigenvalue weighted by Crippen LogP contribution is -2.44. The average Bonchev–Trinajstić information content (AvgIpc) is 2.63. The first-order chi connectivity index (χ1) is 14.2. The molecular formula is C24H33N3O3S. The lowest BCUT2D eigenvalue weighted by molar-refractivity contribution is -0.0102. The van der Waals surface area contributed by atoms with Crippen molar-refractivity contribution in [3.8, 4) is 6.07 Å². The van der Waals surface area contributed by atoms with Crippen molar-refractivity contribution in [3.05, 3.63) is 46.9 Å². The van der Waals surface area contributed by atoms with E-state index in [1.165, 1.54) is 6.08 Å². The van der Waals surface area contributed by atoms with Gasteiger partial charge in [-0.2, -0.15) is 5.26 Å². The van der Waals surface area contributed by atoms with E-state index in [4.69, 9.17) is 4.74 Å². The van der Waals surface area contributed by atoms with E-state index < -0.39 is 15.6 Å². The molecule has 0 unspecified atom stereocenters. The summed E-state index contributed by atoms with van der Waals surface area (Å²) in [6.07, 6.45) is 1.88. The number of rotatable bonds is 8. The fraction of sp³-hybridized carbons (Fsp3) is 0.458. The van der Waals surface area contributed by atoms with Crippen molar-refractivity contribution in [1.82, 2.24) is 4.72 Å². The van der Waals surface area contributed by atoms with Crippen LogP contribution in [0.1, 0.15) is 46.6 Å². The van der Waals surface area contributed by atoms with Gasteiger partial charge in [0, 0.05) is 31.9 Å². The van der Waals surface area contributed by atoms with Gasteiger partial charge in [0.15, 0.2) is 4.91 Å². The molecule has 2 aromatic carbocycles. The lowest BCUT2D eigenvalue weighted by Gasteiger charge is -2.28. The van der Waals surface area contributed by atoms with E-state index in [-0.39, 0.29) is 10.5 Å². The first-order valence-corrected chi connectivity index (χ1v) is 11.7. The first-order valence-electron chi connectivity index (χ1n) is 10.2. The third-order valence-corrected chi connectivity index (χ3v) is 6.34. The van der Waals surface area contributed by atoms with Crippen molar-refractivity contribution < 1.29 is 13.2 Å². The van der Waals surface area contributed by atoms with Gasteiger partial charge in [-0.3, -0.25) is 0 Å². The summed E-state index contributed by atoms with van der Waals surface area (Å²) in [5, 5.41) is 11.6. The molecular weight excluding hydrogens is 410 g/mol.